The summed E-state index contributed by atoms with van der Waals surface area (Å²) in [6, 6.07) is 6.50. The Hall–Kier alpha value is -2.88. The quantitative estimate of drug-likeness (QED) is 0.443. The average molecular weight is 451 g/mol. The second-order valence-electron chi connectivity index (χ2n) is 8.69. The largest absolute Gasteiger partial charge is 0.379 e. The Kier molecular flexibility index (Phi) is 4.89. The first-order valence-corrected chi connectivity index (χ1v) is 12.0. The number of rotatable bonds is 4. The molecular formula is C23H26N6O2S. The van der Waals surface area contributed by atoms with Crippen LogP contribution in [0.4, 0.5) is 11.4 Å². The Morgan fingerprint density at radius 3 is 2.84 bits per heavy atom. The number of hydrogen-bond donors (Lipinski definition) is 3. The van der Waals surface area contributed by atoms with E-state index < -0.39 is 0 Å². The number of fused-ring (bicyclic) bond motifs is 2. The number of ether oxygens (including phenoxy) is 1. The van der Waals surface area contributed by atoms with Crippen LogP contribution in [0.25, 0.3) is 33.3 Å². The van der Waals surface area contributed by atoms with Crippen LogP contribution in [0.2, 0.25) is 0 Å². The van der Waals surface area contributed by atoms with E-state index in [9.17, 15) is 4.79 Å². The van der Waals surface area contributed by atoms with E-state index in [1.165, 1.54) is 5.69 Å². The molecule has 1 aromatic carbocycles. The molecule has 0 amide bonds. The Labute approximate surface area is 189 Å². The van der Waals surface area contributed by atoms with Gasteiger partial charge in [-0.05, 0) is 31.7 Å². The lowest BCUT2D eigenvalue weighted by Gasteiger charge is -2.34. The smallest absolute Gasteiger partial charge is 0.261 e. The number of piperazine rings is 1. The fourth-order valence-corrected chi connectivity index (χ4v) is 5.40. The van der Waals surface area contributed by atoms with Crippen molar-refractivity contribution in [3.8, 4) is 11.4 Å². The van der Waals surface area contributed by atoms with Gasteiger partial charge in [-0.15, -0.1) is 11.3 Å². The first kappa shape index (κ1) is 19.8. The summed E-state index contributed by atoms with van der Waals surface area (Å²) in [7, 11) is 2.16. The van der Waals surface area contributed by atoms with Gasteiger partial charge in [-0.2, -0.15) is 0 Å². The summed E-state index contributed by atoms with van der Waals surface area (Å²) in [5, 5.41) is 8.63. The molecule has 2 aliphatic heterocycles. The van der Waals surface area contributed by atoms with Crippen molar-refractivity contribution in [1.29, 1.82) is 0 Å². The summed E-state index contributed by atoms with van der Waals surface area (Å²) >= 11 is 1.58. The van der Waals surface area contributed by atoms with Crippen LogP contribution in [0.5, 0.6) is 0 Å². The molecule has 3 N–H and O–H groups in total. The minimum absolute atomic E-state index is 0.143. The Morgan fingerprint density at radius 1 is 1.16 bits per heavy atom. The minimum atomic E-state index is -0.143. The van der Waals surface area contributed by atoms with Gasteiger partial charge in [0.05, 0.1) is 34.9 Å². The highest BCUT2D eigenvalue weighted by atomic mass is 32.1. The molecule has 4 aromatic rings. The van der Waals surface area contributed by atoms with Crippen molar-refractivity contribution in [2.24, 2.45) is 0 Å². The van der Waals surface area contributed by atoms with Gasteiger partial charge >= 0.3 is 0 Å². The minimum Gasteiger partial charge on any atom is -0.379 e. The average Bonchev–Trinajstić information content (AvgIpc) is 3.54. The topological polar surface area (TPSA) is 89.3 Å². The number of imidazole rings is 1. The first-order valence-electron chi connectivity index (χ1n) is 11.1. The third-order valence-corrected chi connectivity index (χ3v) is 7.25. The normalized spacial score (nSPS) is 19.9. The number of thiophene rings is 1. The molecule has 8 nitrogen and oxygen atoms in total. The van der Waals surface area contributed by atoms with E-state index in [0.29, 0.717) is 18.0 Å². The van der Waals surface area contributed by atoms with Crippen molar-refractivity contribution in [2.45, 2.75) is 12.5 Å². The summed E-state index contributed by atoms with van der Waals surface area (Å²) < 4.78 is 5.55. The Morgan fingerprint density at radius 2 is 2.03 bits per heavy atom. The second kappa shape index (κ2) is 7.91. The fraction of sp³-hybridized carbons (Fsp3) is 0.391. The van der Waals surface area contributed by atoms with Gasteiger partial charge in [0.1, 0.15) is 11.4 Å². The summed E-state index contributed by atoms with van der Waals surface area (Å²) in [5.74, 6) is 0.589. The summed E-state index contributed by atoms with van der Waals surface area (Å²) in [4.78, 5) is 29.2. The second-order valence-corrected chi connectivity index (χ2v) is 9.43. The van der Waals surface area contributed by atoms with Gasteiger partial charge < -0.3 is 29.8 Å². The standard InChI is InChI=1S/C23H26N6O2S/c1-28-5-7-29(8-6-28)15-2-3-17-18(10-15)26-22(25-17)20-21(24-14-4-9-31-11-14)16-12-32-13-19(16)27-23(20)30/h2-3,10,12-14,24H,4-9,11H2,1H3,(H,25,26)(H,27,30)/t14-/m1/s1. The first-order chi connectivity index (χ1) is 15.7. The van der Waals surface area contributed by atoms with Crippen LogP contribution in [-0.4, -0.2) is 72.3 Å². The molecule has 166 valence electrons. The molecule has 0 unspecified atom stereocenters. The van der Waals surface area contributed by atoms with Gasteiger partial charge in [0.25, 0.3) is 5.56 Å². The van der Waals surface area contributed by atoms with E-state index in [4.69, 9.17) is 9.72 Å². The van der Waals surface area contributed by atoms with Crippen LogP contribution >= 0.6 is 11.3 Å². The highest BCUT2D eigenvalue weighted by Crippen LogP contribution is 2.34. The summed E-state index contributed by atoms with van der Waals surface area (Å²) in [5.41, 5.74) is 5.08. The van der Waals surface area contributed by atoms with E-state index in [0.717, 1.165) is 66.8 Å². The number of H-pyrrole nitrogens is 2. The van der Waals surface area contributed by atoms with Crippen molar-refractivity contribution in [1.82, 2.24) is 19.9 Å². The number of anilines is 2. The number of likely N-dealkylation sites (N-methyl/N-ethyl adjacent to an activating group) is 1. The Bertz CT molecular complexity index is 1330. The molecule has 5 heterocycles. The maximum atomic E-state index is 13.2. The predicted octanol–water partition coefficient (Wildman–Crippen LogP) is 3.09. The zero-order chi connectivity index (χ0) is 21.7. The number of aromatic nitrogens is 3. The van der Waals surface area contributed by atoms with Crippen LogP contribution < -0.4 is 15.8 Å². The lowest BCUT2D eigenvalue weighted by atomic mass is 10.1. The van der Waals surface area contributed by atoms with Gasteiger partial charge in [-0.3, -0.25) is 4.79 Å². The van der Waals surface area contributed by atoms with Crippen LogP contribution in [0, 0.1) is 0 Å². The highest BCUT2D eigenvalue weighted by molar-refractivity contribution is 7.09. The number of hydrogen-bond acceptors (Lipinski definition) is 7. The van der Waals surface area contributed by atoms with Crippen molar-refractivity contribution >= 4 is 44.6 Å². The third-order valence-electron chi connectivity index (χ3n) is 6.51. The molecule has 32 heavy (non-hydrogen) atoms. The van der Waals surface area contributed by atoms with Crippen LogP contribution in [-0.2, 0) is 4.74 Å². The number of aromatic amines is 2. The molecule has 0 aliphatic carbocycles. The molecule has 3 aromatic heterocycles. The highest BCUT2D eigenvalue weighted by Gasteiger charge is 2.23. The third kappa shape index (κ3) is 3.46. The number of benzene rings is 1. The Balaban J connectivity index is 1.43. The SMILES string of the molecule is CN1CCN(c2ccc3nc(-c4c(N[C@@H]5CCOC5)c5cscc5[nH]c4=O)[nH]c3c2)CC1. The molecule has 2 saturated heterocycles. The maximum Gasteiger partial charge on any atom is 0.261 e. The van der Waals surface area contributed by atoms with E-state index in [1.54, 1.807) is 11.3 Å². The van der Waals surface area contributed by atoms with Crippen LogP contribution in [0.3, 0.4) is 0 Å². The van der Waals surface area contributed by atoms with Gasteiger partial charge in [0.2, 0.25) is 0 Å². The monoisotopic (exact) mass is 450 g/mol. The lowest BCUT2D eigenvalue weighted by molar-refractivity contribution is 0.195. The number of nitrogens with one attached hydrogen (secondary N) is 3. The molecule has 0 spiro atoms. The summed E-state index contributed by atoms with van der Waals surface area (Å²) in [6.07, 6.45) is 0.923. The van der Waals surface area contributed by atoms with Gasteiger partial charge in [-0.1, -0.05) is 0 Å². The van der Waals surface area contributed by atoms with Gasteiger partial charge in [0.15, 0.2) is 0 Å². The zero-order valence-electron chi connectivity index (χ0n) is 18.0. The molecule has 9 heteroatoms. The summed E-state index contributed by atoms with van der Waals surface area (Å²) in [6.45, 7) is 5.52. The van der Waals surface area contributed by atoms with Crippen LogP contribution in [0.1, 0.15) is 6.42 Å². The fourth-order valence-electron chi connectivity index (χ4n) is 4.63. The molecule has 0 bridgehead atoms. The predicted molar refractivity (Wildman–Crippen MR) is 130 cm³/mol. The van der Waals surface area contributed by atoms with E-state index in [-0.39, 0.29) is 11.6 Å². The van der Waals surface area contributed by atoms with Crippen molar-refractivity contribution in [2.75, 3.05) is 56.7 Å². The molecular weight excluding hydrogens is 424 g/mol. The van der Waals surface area contributed by atoms with Crippen LogP contribution in [0.15, 0.2) is 33.8 Å². The molecule has 0 radical (unpaired) electrons. The zero-order valence-corrected chi connectivity index (χ0v) is 18.8. The van der Waals surface area contributed by atoms with Crippen molar-refractivity contribution in [3.63, 3.8) is 0 Å². The maximum absolute atomic E-state index is 13.2. The van der Waals surface area contributed by atoms with Gasteiger partial charge in [-0.25, -0.2) is 4.98 Å². The van der Waals surface area contributed by atoms with E-state index in [1.807, 2.05) is 11.4 Å². The van der Waals surface area contributed by atoms with Crippen molar-refractivity contribution < 1.29 is 4.74 Å². The number of nitrogens with zero attached hydrogens (tertiary/aromatic N) is 3. The molecule has 6 rings (SSSR count). The van der Waals surface area contributed by atoms with E-state index >= 15 is 0 Å². The molecule has 1 atom stereocenters. The number of pyridine rings is 1. The van der Waals surface area contributed by atoms with E-state index in [2.05, 4.69) is 49.6 Å². The molecule has 0 saturated carbocycles. The van der Waals surface area contributed by atoms with Crippen molar-refractivity contribution in [3.05, 3.63) is 39.3 Å². The molecule has 2 aliphatic rings. The molecule has 2 fully saturated rings. The lowest BCUT2D eigenvalue weighted by Crippen LogP contribution is -2.44. The van der Waals surface area contributed by atoms with Gasteiger partial charge in [0, 0.05) is 54.6 Å².